The molecular weight excluding hydrogens is 92.1 g/mol. The molecule has 0 aliphatic rings. The maximum absolute atomic E-state index is 6.82. The topological polar surface area (TPSA) is 56.7 Å². The molecule has 1 heterocycles. The van der Waals surface area contributed by atoms with Gasteiger partial charge in [-0.2, -0.15) is 0 Å². The number of anilines is 1. The van der Waals surface area contributed by atoms with Crippen molar-refractivity contribution in [3.8, 4) is 0 Å². The fourth-order valence-electron chi connectivity index (χ4n) is 0.276. The maximum Gasteiger partial charge on any atom is 0.239 e. The molecule has 4 heteroatoms. The lowest BCUT2D eigenvalue weighted by Crippen LogP contribution is -1.90. The van der Waals surface area contributed by atoms with Crippen LogP contribution in [0.25, 0.3) is 0 Å². The van der Waals surface area contributed by atoms with Gasteiger partial charge in [-0.1, -0.05) is 0 Å². The van der Waals surface area contributed by atoms with Gasteiger partial charge in [-0.05, 0) is 0 Å². The van der Waals surface area contributed by atoms with Crippen LogP contribution in [-0.4, -0.2) is 14.8 Å². The van der Waals surface area contributed by atoms with Crippen LogP contribution in [0.1, 0.15) is 4.11 Å². The molecule has 0 aliphatic heterocycles. The van der Waals surface area contributed by atoms with Gasteiger partial charge < -0.3 is 5.73 Å². The van der Waals surface area contributed by atoms with E-state index < -0.39 is 6.98 Å². The number of hydrogen-bond donors (Lipinski definition) is 1. The monoisotopic (exact) mass is 101 g/mol. The molecule has 0 bridgehead atoms. The highest BCUT2D eigenvalue weighted by Gasteiger charge is 1.84. The summed E-state index contributed by atoms with van der Waals surface area (Å²) in [5.74, 6) is -0.0314. The molecule has 1 aromatic heterocycles. The molecule has 0 unspecified atom stereocenters. The zero-order valence-electron chi connectivity index (χ0n) is 6.50. The third kappa shape index (κ3) is 0.677. The van der Waals surface area contributed by atoms with E-state index in [1.807, 2.05) is 0 Å². The Balaban J connectivity index is 2.96. The lowest BCUT2D eigenvalue weighted by molar-refractivity contribution is 0.769. The van der Waals surface area contributed by atoms with E-state index in [0.29, 0.717) is 0 Å². The van der Waals surface area contributed by atoms with Crippen molar-refractivity contribution in [2.24, 2.45) is 6.98 Å². The van der Waals surface area contributed by atoms with E-state index in [0.717, 1.165) is 11.0 Å². The average Bonchev–Trinajstić information content (AvgIpc) is 2.11. The van der Waals surface area contributed by atoms with Crippen molar-refractivity contribution in [1.29, 1.82) is 0 Å². The molecule has 1 aromatic rings. The van der Waals surface area contributed by atoms with E-state index in [9.17, 15) is 0 Å². The molecule has 0 atom stereocenters. The molecule has 0 fully saturated rings. The van der Waals surface area contributed by atoms with Crippen LogP contribution in [-0.2, 0) is 6.98 Å². The summed E-state index contributed by atoms with van der Waals surface area (Å²) in [6.45, 7) is -2.27. The summed E-state index contributed by atoms with van der Waals surface area (Å²) in [6, 6.07) is 0. The Morgan fingerprint density at radius 2 is 3.00 bits per heavy atom. The maximum atomic E-state index is 6.82. The largest absolute Gasteiger partial charge is 0.367 e. The third-order valence-corrected chi connectivity index (χ3v) is 0.510. The first-order valence-corrected chi connectivity index (χ1v) is 1.68. The van der Waals surface area contributed by atoms with Crippen LogP contribution in [0.3, 0.4) is 0 Å². The smallest absolute Gasteiger partial charge is 0.239 e. The van der Waals surface area contributed by atoms with Crippen LogP contribution in [0, 0.1) is 0 Å². The van der Waals surface area contributed by atoms with Crippen molar-refractivity contribution in [3.05, 3.63) is 6.33 Å². The second kappa shape index (κ2) is 1.22. The molecule has 1 rings (SSSR count). The van der Waals surface area contributed by atoms with Gasteiger partial charge in [-0.25, -0.2) is 4.98 Å². The Morgan fingerprint density at radius 1 is 2.14 bits per heavy atom. The Kier molecular flexibility index (Phi) is 0.315. The van der Waals surface area contributed by atoms with Crippen LogP contribution < -0.4 is 5.73 Å². The molecule has 0 saturated heterocycles. The number of nitrogen functional groups attached to an aromatic ring is 1. The van der Waals surface area contributed by atoms with Crippen molar-refractivity contribution in [3.63, 3.8) is 0 Å². The summed E-state index contributed by atoms with van der Waals surface area (Å²) in [4.78, 5) is 3.45. The van der Waals surface area contributed by atoms with Crippen LogP contribution in [0.2, 0.25) is 0 Å². The Morgan fingerprint density at radius 3 is 3.29 bits per heavy atom. The fraction of sp³-hybridized carbons (Fsp3) is 0.333. The van der Waals surface area contributed by atoms with Gasteiger partial charge in [-0.15, -0.1) is 5.10 Å². The summed E-state index contributed by atoms with van der Waals surface area (Å²) in [6.07, 6.45) is 1.07. The fourth-order valence-corrected chi connectivity index (χ4v) is 0.276. The van der Waals surface area contributed by atoms with Gasteiger partial charge in [0.2, 0.25) is 5.95 Å². The van der Waals surface area contributed by atoms with Gasteiger partial charge in [0.25, 0.3) is 0 Å². The molecule has 0 saturated carbocycles. The highest BCUT2D eigenvalue weighted by molar-refractivity contribution is 5.08. The molecule has 0 aliphatic carbocycles. The molecule has 0 radical (unpaired) electrons. The van der Waals surface area contributed by atoms with E-state index >= 15 is 0 Å². The second-order valence-electron chi connectivity index (χ2n) is 1.05. The summed E-state index contributed by atoms with van der Waals surface area (Å²) < 4.78 is 21.2. The van der Waals surface area contributed by atoms with Gasteiger partial charge >= 0.3 is 0 Å². The summed E-state index contributed by atoms with van der Waals surface area (Å²) >= 11 is 0. The Labute approximate surface area is 45.2 Å². The molecule has 2 N–H and O–H groups in total. The lowest BCUT2D eigenvalue weighted by Gasteiger charge is -1.76. The first-order chi connectivity index (χ1) is 4.50. The zero-order valence-corrected chi connectivity index (χ0v) is 3.50. The van der Waals surface area contributed by atoms with Crippen LogP contribution in [0.4, 0.5) is 5.95 Å². The standard InChI is InChI=1S/C3H6N4/c1-7-2-5-3(4)6-7/h2H,1H3,(H2,4,6)/i1D3. The van der Waals surface area contributed by atoms with Crippen molar-refractivity contribution in [2.45, 2.75) is 0 Å². The van der Waals surface area contributed by atoms with Gasteiger partial charge in [0.05, 0.1) is 0 Å². The minimum absolute atomic E-state index is 0.0314. The molecule has 0 amide bonds. The number of rotatable bonds is 0. The molecule has 0 spiro atoms. The third-order valence-electron chi connectivity index (χ3n) is 0.510. The first-order valence-electron chi connectivity index (χ1n) is 3.18. The summed E-state index contributed by atoms with van der Waals surface area (Å²) in [5, 5.41) is 3.40. The SMILES string of the molecule is [2H]C([2H])([2H])n1cnc(N)n1. The van der Waals surface area contributed by atoms with Crippen molar-refractivity contribution in [2.75, 3.05) is 5.73 Å². The average molecular weight is 101 g/mol. The molecule has 4 nitrogen and oxygen atoms in total. The highest BCUT2D eigenvalue weighted by atomic mass is 15.3. The highest BCUT2D eigenvalue weighted by Crippen LogP contribution is 1.82. The van der Waals surface area contributed by atoms with Gasteiger partial charge in [0.1, 0.15) is 6.33 Å². The number of hydrogen-bond acceptors (Lipinski definition) is 3. The van der Waals surface area contributed by atoms with E-state index in [1.54, 1.807) is 0 Å². The Bertz CT molecular complexity index is 226. The zero-order chi connectivity index (χ0) is 7.78. The second-order valence-corrected chi connectivity index (χ2v) is 1.05. The number of aryl methyl sites for hydroxylation is 1. The predicted molar refractivity (Wildman–Crippen MR) is 25.4 cm³/mol. The molecule has 0 aromatic carbocycles. The quantitative estimate of drug-likeness (QED) is 0.474. The first kappa shape index (κ1) is 1.81. The van der Waals surface area contributed by atoms with Crippen molar-refractivity contribution in [1.82, 2.24) is 14.8 Å². The number of nitrogens with zero attached hydrogens (tertiary/aromatic N) is 3. The minimum Gasteiger partial charge on any atom is -0.367 e. The van der Waals surface area contributed by atoms with Crippen LogP contribution in [0.5, 0.6) is 0 Å². The van der Waals surface area contributed by atoms with Gasteiger partial charge in [-0.3, -0.25) is 4.68 Å². The molecule has 7 heavy (non-hydrogen) atoms. The summed E-state index contributed by atoms with van der Waals surface area (Å²) in [5.41, 5.74) is 5.08. The van der Waals surface area contributed by atoms with Crippen molar-refractivity contribution >= 4 is 5.95 Å². The summed E-state index contributed by atoms with van der Waals surface area (Å²) in [7, 11) is 0. The van der Waals surface area contributed by atoms with E-state index in [-0.39, 0.29) is 5.95 Å². The van der Waals surface area contributed by atoms with Crippen molar-refractivity contribution < 1.29 is 4.11 Å². The normalized spacial score (nSPS) is 17.4. The van der Waals surface area contributed by atoms with E-state index in [2.05, 4.69) is 10.1 Å². The number of nitrogens with two attached hydrogens (primary N) is 1. The van der Waals surface area contributed by atoms with E-state index in [1.165, 1.54) is 0 Å². The predicted octanol–water partition coefficient (Wildman–Crippen LogP) is -0.603. The van der Waals surface area contributed by atoms with E-state index in [4.69, 9.17) is 9.85 Å². The van der Waals surface area contributed by atoms with Gasteiger partial charge in [0.15, 0.2) is 0 Å². The molecule has 38 valence electrons. The lowest BCUT2D eigenvalue weighted by atomic mass is 11.1. The minimum atomic E-state index is -2.27. The van der Waals surface area contributed by atoms with Gasteiger partial charge in [0, 0.05) is 11.1 Å². The van der Waals surface area contributed by atoms with Crippen LogP contribution in [0.15, 0.2) is 6.33 Å². The Hall–Kier alpha value is -1.06. The number of aromatic nitrogens is 3. The molecular formula is C3H6N4. The van der Waals surface area contributed by atoms with Crippen LogP contribution >= 0.6 is 0 Å².